The van der Waals surface area contributed by atoms with E-state index in [0.29, 0.717) is 31.9 Å². The molecule has 0 saturated carbocycles. The number of benzene rings is 1. The number of allylic oxidation sites excluding steroid dienone is 2. The summed E-state index contributed by atoms with van der Waals surface area (Å²) in [4.78, 5) is 13.8. The smallest absolute Gasteiger partial charge is 0.249 e. The van der Waals surface area contributed by atoms with Crippen LogP contribution in [0.2, 0.25) is 0 Å². The Morgan fingerprint density at radius 3 is 2.64 bits per heavy atom. The average molecular weight is 364 g/mol. The number of hydrogen-bond donors (Lipinski definition) is 2. The fraction of sp³-hybridized carbons (Fsp3) is 0.500. The quantitative estimate of drug-likeness (QED) is 0.782. The van der Waals surface area contributed by atoms with E-state index in [1.165, 1.54) is 0 Å². The summed E-state index contributed by atoms with van der Waals surface area (Å²) in [7, 11) is 0. The first-order valence-corrected chi connectivity index (χ1v) is 9.79. The van der Waals surface area contributed by atoms with Crippen molar-refractivity contribution in [3.63, 3.8) is 0 Å². The van der Waals surface area contributed by atoms with Gasteiger partial charge in [0.1, 0.15) is 5.37 Å². The second-order valence-corrected chi connectivity index (χ2v) is 7.42. The van der Waals surface area contributed by atoms with E-state index in [1.54, 1.807) is 12.1 Å². The first-order valence-electron chi connectivity index (χ1n) is 8.62. The summed E-state index contributed by atoms with van der Waals surface area (Å²) in [6.07, 6.45) is 6.25. The third kappa shape index (κ3) is 4.17. The third-order valence-electron chi connectivity index (χ3n) is 4.80. The zero-order valence-electron chi connectivity index (χ0n) is 14.1. The number of amides is 1. The van der Waals surface area contributed by atoms with E-state index in [0.717, 1.165) is 42.4 Å². The molecular formula is C18H24N2O4S. The van der Waals surface area contributed by atoms with Crippen LogP contribution in [0.4, 0.5) is 0 Å². The number of carbonyl (C=O) groups is 1. The molecule has 1 aliphatic carbocycles. The van der Waals surface area contributed by atoms with Crippen LogP contribution in [-0.2, 0) is 15.8 Å². The topological polar surface area (TPSA) is 92.9 Å². The molecule has 1 amide bonds. The zero-order valence-corrected chi connectivity index (χ0v) is 15.0. The van der Waals surface area contributed by atoms with Gasteiger partial charge in [-0.1, -0.05) is 12.1 Å². The summed E-state index contributed by atoms with van der Waals surface area (Å²) in [5.74, 6) is -0.471. The zero-order chi connectivity index (χ0) is 17.8. The molecule has 0 radical (unpaired) electrons. The Morgan fingerprint density at radius 2 is 2.04 bits per heavy atom. The highest BCUT2D eigenvalue weighted by Crippen LogP contribution is 2.33. The van der Waals surface area contributed by atoms with Crippen molar-refractivity contribution in [2.75, 3.05) is 26.3 Å². The molecule has 2 unspecified atom stereocenters. The van der Waals surface area contributed by atoms with Crippen LogP contribution in [-0.4, -0.2) is 45.9 Å². The first-order chi connectivity index (χ1) is 12.1. The molecule has 0 spiro atoms. The second-order valence-electron chi connectivity index (χ2n) is 6.42. The number of primary amides is 1. The minimum atomic E-state index is -2.05. The molecule has 0 bridgehead atoms. The van der Waals surface area contributed by atoms with Crippen molar-refractivity contribution in [3.05, 3.63) is 41.0 Å². The Bertz CT molecular complexity index is 698. The lowest BCUT2D eigenvalue weighted by molar-refractivity contribution is 0.0306. The van der Waals surface area contributed by atoms with Gasteiger partial charge in [0, 0.05) is 18.7 Å². The number of nitrogens with zero attached hydrogens (tertiary/aromatic N) is 1. The van der Waals surface area contributed by atoms with E-state index >= 15 is 0 Å². The van der Waals surface area contributed by atoms with Gasteiger partial charge >= 0.3 is 0 Å². The summed E-state index contributed by atoms with van der Waals surface area (Å²) in [5.41, 5.74) is 8.65. The highest BCUT2D eigenvalue weighted by molar-refractivity contribution is 7.79. The van der Waals surface area contributed by atoms with Crippen molar-refractivity contribution in [3.8, 4) is 0 Å². The lowest BCUT2D eigenvalue weighted by atomic mass is 9.89. The van der Waals surface area contributed by atoms with Crippen molar-refractivity contribution < 1.29 is 18.3 Å². The summed E-state index contributed by atoms with van der Waals surface area (Å²) in [6.45, 7) is 2.30. The number of hydrogen-bond acceptors (Lipinski definition) is 4. The summed E-state index contributed by atoms with van der Waals surface area (Å²) in [5, 5.41) is -0.631. The Labute approximate surface area is 150 Å². The fourth-order valence-electron chi connectivity index (χ4n) is 3.55. The molecule has 1 aliphatic heterocycles. The lowest BCUT2D eigenvalue weighted by Crippen LogP contribution is -2.40. The Morgan fingerprint density at radius 1 is 1.28 bits per heavy atom. The number of morpholine rings is 1. The molecule has 3 N–H and O–H groups in total. The fourth-order valence-corrected chi connectivity index (χ4v) is 4.39. The molecule has 25 heavy (non-hydrogen) atoms. The number of carbonyl (C=O) groups excluding carboxylic acids is 1. The molecular weight excluding hydrogens is 340 g/mol. The van der Waals surface area contributed by atoms with Crippen LogP contribution in [0, 0.1) is 0 Å². The van der Waals surface area contributed by atoms with Crippen LogP contribution >= 0.6 is 0 Å². The largest absolute Gasteiger partial charge is 0.379 e. The van der Waals surface area contributed by atoms with Crippen LogP contribution in [0.1, 0.15) is 52.5 Å². The Kier molecular flexibility index (Phi) is 6.01. The molecule has 3 rings (SSSR count). The Balaban J connectivity index is 2.01. The molecule has 1 saturated heterocycles. The number of rotatable bonds is 5. The van der Waals surface area contributed by atoms with Crippen LogP contribution in [0.15, 0.2) is 24.3 Å². The number of ether oxygens (including phenoxy) is 1. The van der Waals surface area contributed by atoms with Gasteiger partial charge in [-0.05, 0) is 54.5 Å². The van der Waals surface area contributed by atoms with Crippen molar-refractivity contribution in [2.24, 2.45) is 5.73 Å². The summed E-state index contributed by atoms with van der Waals surface area (Å²) >= 11 is -2.05. The summed E-state index contributed by atoms with van der Waals surface area (Å²) in [6, 6.07) is 5.29. The lowest BCUT2D eigenvalue weighted by Gasteiger charge is -2.32. The maximum Gasteiger partial charge on any atom is 0.249 e. The normalized spacial score (nSPS) is 21.4. The van der Waals surface area contributed by atoms with E-state index in [4.69, 9.17) is 10.5 Å². The molecule has 7 heteroatoms. The number of nitrogens with two attached hydrogens (primary N) is 1. The highest BCUT2D eigenvalue weighted by Gasteiger charge is 2.28. The van der Waals surface area contributed by atoms with Crippen molar-refractivity contribution >= 4 is 22.6 Å². The highest BCUT2D eigenvalue weighted by atomic mass is 32.2. The minimum absolute atomic E-state index is 0.471. The van der Waals surface area contributed by atoms with Gasteiger partial charge in [-0.25, -0.2) is 4.21 Å². The van der Waals surface area contributed by atoms with E-state index in [1.807, 2.05) is 11.0 Å². The average Bonchev–Trinajstić information content (AvgIpc) is 2.63. The van der Waals surface area contributed by atoms with Crippen LogP contribution < -0.4 is 5.73 Å². The molecule has 1 fully saturated rings. The minimum Gasteiger partial charge on any atom is -0.379 e. The van der Waals surface area contributed by atoms with Gasteiger partial charge in [0.15, 0.2) is 11.1 Å². The summed E-state index contributed by atoms with van der Waals surface area (Å²) < 4.78 is 27.3. The second kappa shape index (κ2) is 8.23. The van der Waals surface area contributed by atoms with Crippen LogP contribution in [0.25, 0.3) is 5.57 Å². The van der Waals surface area contributed by atoms with Crippen molar-refractivity contribution in [2.45, 2.75) is 31.1 Å². The van der Waals surface area contributed by atoms with Crippen molar-refractivity contribution in [1.82, 2.24) is 4.90 Å². The van der Waals surface area contributed by atoms with E-state index in [9.17, 15) is 13.6 Å². The predicted molar refractivity (Wildman–Crippen MR) is 97.3 cm³/mol. The SMILES string of the molecule is NC(=O)c1ccc(C(N2CCOCC2)S(=O)O)cc1C1=CCCCC1. The molecule has 2 aliphatic rings. The van der Waals surface area contributed by atoms with Gasteiger partial charge in [-0.15, -0.1) is 0 Å². The molecule has 6 nitrogen and oxygen atoms in total. The maximum atomic E-state index is 12.0. The molecule has 1 heterocycles. The van der Waals surface area contributed by atoms with Crippen molar-refractivity contribution in [1.29, 1.82) is 0 Å². The third-order valence-corrected chi connectivity index (χ3v) is 5.75. The predicted octanol–water partition coefficient (Wildman–Crippen LogP) is 2.30. The van der Waals surface area contributed by atoms with E-state index < -0.39 is 22.4 Å². The standard InChI is InChI=1S/C18H24N2O4S/c19-17(21)15-7-6-14(12-16(15)13-4-2-1-3-5-13)18(25(22)23)20-8-10-24-11-9-20/h4,6-7,12,18H,1-3,5,8-11H2,(H2,19,21)(H,22,23). The van der Waals surface area contributed by atoms with Gasteiger partial charge in [0.25, 0.3) is 0 Å². The van der Waals surface area contributed by atoms with Gasteiger partial charge in [-0.2, -0.15) is 0 Å². The maximum absolute atomic E-state index is 12.0. The Hall–Kier alpha value is -1.54. The molecule has 0 aromatic heterocycles. The van der Waals surface area contributed by atoms with Gasteiger partial charge in [-0.3, -0.25) is 9.69 Å². The van der Waals surface area contributed by atoms with Gasteiger partial charge < -0.3 is 15.0 Å². The van der Waals surface area contributed by atoms with Crippen LogP contribution in [0.3, 0.4) is 0 Å². The molecule has 1 aromatic rings. The molecule has 136 valence electrons. The molecule has 2 atom stereocenters. The van der Waals surface area contributed by atoms with E-state index in [2.05, 4.69) is 6.08 Å². The van der Waals surface area contributed by atoms with Crippen LogP contribution in [0.5, 0.6) is 0 Å². The van der Waals surface area contributed by atoms with Gasteiger partial charge in [0.05, 0.1) is 13.2 Å². The van der Waals surface area contributed by atoms with Gasteiger partial charge in [0.2, 0.25) is 5.91 Å². The molecule has 1 aromatic carbocycles. The first kappa shape index (κ1) is 18.3. The van der Waals surface area contributed by atoms with E-state index in [-0.39, 0.29) is 0 Å². The monoisotopic (exact) mass is 364 g/mol.